The summed E-state index contributed by atoms with van der Waals surface area (Å²) in [6.45, 7) is 0. The summed E-state index contributed by atoms with van der Waals surface area (Å²) >= 11 is 1.24. The lowest BCUT2D eigenvalue weighted by molar-refractivity contribution is 1.05. The van der Waals surface area contributed by atoms with Crippen LogP contribution in [0.4, 0.5) is 22.2 Å². The largest absolute Gasteiger partial charge is 0.353 e. The number of hydrogen-bond acceptors (Lipinski definition) is 7. The summed E-state index contributed by atoms with van der Waals surface area (Å²) in [5, 5.41) is 18.8. The Morgan fingerprint density at radius 1 is 1.14 bits per heavy atom. The molecule has 0 fully saturated rings. The molecule has 0 aliphatic rings. The number of aromatic amines is 1. The van der Waals surface area contributed by atoms with E-state index in [9.17, 15) is 4.79 Å². The predicted octanol–water partition coefficient (Wildman–Crippen LogP) is 3.39. The van der Waals surface area contributed by atoms with Gasteiger partial charge in [-0.05, 0) is 18.2 Å². The maximum absolute atomic E-state index is 11.9. The molecule has 2 aromatic heterocycles. The van der Waals surface area contributed by atoms with Crippen LogP contribution in [0.1, 0.15) is 0 Å². The molecule has 1 aromatic carbocycles. The highest BCUT2D eigenvalue weighted by atomic mass is 32.1. The third-order valence-corrected chi connectivity index (χ3v) is 3.15. The minimum atomic E-state index is -0.329. The van der Waals surface area contributed by atoms with E-state index in [2.05, 4.69) is 30.7 Å². The molecule has 0 saturated heterocycles. The van der Waals surface area contributed by atoms with Crippen LogP contribution in [-0.2, 0) is 0 Å². The summed E-state index contributed by atoms with van der Waals surface area (Å²) in [6, 6.07) is 11.2. The van der Waals surface area contributed by atoms with Gasteiger partial charge in [0.15, 0.2) is 5.69 Å². The number of hydrogen-bond donors (Lipinski definition) is 2. The van der Waals surface area contributed by atoms with Gasteiger partial charge in [0, 0.05) is 11.9 Å². The molecule has 0 amide bonds. The van der Waals surface area contributed by atoms with Crippen molar-refractivity contribution in [1.29, 1.82) is 0 Å². The molecule has 21 heavy (non-hydrogen) atoms. The zero-order chi connectivity index (χ0) is 14.5. The summed E-state index contributed by atoms with van der Waals surface area (Å²) < 4.78 is 0. The van der Waals surface area contributed by atoms with Gasteiger partial charge in [-0.2, -0.15) is 0 Å². The lowest BCUT2D eigenvalue weighted by atomic mass is 10.3. The molecule has 3 rings (SSSR count). The van der Waals surface area contributed by atoms with Crippen LogP contribution in [0.15, 0.2) is 63.1 Å². The zero-order valence-corrected chi connectivity index (χ0v) is 11.5. The Hall–Kier alpha value is -2.87. The lowest BCUT2D eigenvalue weighted by Crippen LogP contribution is -2.06. The molecular weight excluding hydrogens is 288 g/mol. The van der Waals surface area contributed by atoms with E-state index in [1.54, 1.807) is 17.8 Å². The number of pyridine rings is 1. The minimum absolute atomic E-state index is 0.191. The van der Waals surface area contributed by atoms with Crippen LogP contribution < -0.4 is 10.9 Å². The topological polar surface area (TPSA) is 95.4 Å². The van der Waals surface area contributed by atoms with Crippen molar-refractivity contribution in [3.8, 4) is 0 Å². The van der Waals surface area contributed by atoms with E-state index in [-0.39, 0.29) is 11.2 Å². The van der Waals surface area contributed by atoms with Gasteiger partial charge in [-0.3, -0.25) is 4.79 Å². The molecule has 8 heteroatoms. The van der Waals surface area contributed by atoms with Gasteiger partial charge in [-0.25, -0.2) is 0 Å². The summed E-state index contributed by atoms with van der Waals surface area (Å²) in [6.07, 6.45) is 1.55. The van der Waals surface area contributed by atoms with Crippen LogP contribution in [0.25, 0.3) is 0 Å². The first-order valence-electron chi connectivity index (χ1n) is 6.04. The fourth-order valence-corrected chi connectivity index (χ4v) is 2.02. The first kappa shape index (κ1) is 13.1. The van der Waals surface area contributed by atoms with Gasteiger partial charge in [-0.15, -0.1) is 20.4 Å². The van der Waals surface area contributed by atoms with E-state index in [1.807, 2.05) is 30.3 Å². The van der Waals surface area contributed by atoms with Crippen LogP contribution in [0.3, 0.4) is 0 Å². The highest BCUT2D eigenvalue weighted by Crippen LogP contribution is 2.25. The molecule has 2 heterocycles. The predicted molar refractivity (Wildman–Crippen MR) is 80.9 cm³/mol. The van der Waals surface area contributed by atoms with Crippen molar-refractivity contribution in [3.63, 3.8) is 0 Å². The van der Waals surface area contributed by atoms with E-state index in [4.69, 9.17) is 0 Å². The molecule has 7 nitrogen and oxygen atoms in total. The normalized spacial score (nSPS) is 10.9. The molecule has 2 N–H and O–H groups in total. The van der Waals surface area contributed by atoms with E-state index >= 15 is 0 Å². The molecule has 0 spiro atoms. The summed E-state index contributed by atoms with van der Waals surface area (Å²) in [5.74, 6) is 0. The first-order valence-corrected chi connectivity index (χ1v) is 6.92. The standard InChI is InChI=1S/C13H10N6OS/c20-12-11(17-19-13-18-15-8-21-13)10(6-7-14-12)16-9-4-2-1-3-5-9/h1-8H,(H2,14,16,20). The third kappa shape index (κ3) is 3.18. The van der Waals surface area contributed by atoms with Crippen LogP contribution >= 0.6 is 11.3 Å². The third-order valence-electron chi connectivity index (χ3n) is 2.57. The Bertz CT molecular complexity index is 797. The van der Waals surface area contributed by atoms with E-state index in [1.165, 1.54) is 11.3 Å². The number of nitrogens with zero attached hydrogens (tertiary/aromatic N) is 4. The van der Waals surface area contributed by atoms with Crippen molar-refractivity contribution in [2.75, 3.05) is 5.32 Å². The number of nitrogens with one attached hydrogen (secondary N) is 2. The average molecular weight is 298 g/mol. The molecule has 104 valence electrons. The Morgan fingerprint density at radius 2 is 2.00 bits per heavy atom. The molecule has 0 aliphatic heterocycles. The molecule has 0 radical (unpaired) electrons. The van der Waals surface area contributed by atoms with Crippen molar-refractivity contribution in [2.24, 2.45) is 10.2 Å². The molecule has 0 saturated carbocycles. The van der Waals surface area contributed by atoms with E-state index in [0.717, 1.165) is 5.69 Å². The minimum Gasteiger partial charge on any atom is -0.353 e. The van der Waals surface area contributed by atoms with E-state index < -0.39 is 0 Å². The van der Waals surface area contributed by atoms with Crippen molar-refractivity contribution in [1.82, 2.24) is 15.2 Å². The van der Waals surface area contributed by atoms with Crippen LogP contribution in [0, 0.1) is 0 Å². The van der Waals surface area contributed by atoms with Crippen molar-refractivity contribution in [2.45, 2.75) is 0 Å². The monoisotopic (exact) mass is 298 g/mol. The van der Waals surface area contributed by atoms with Crippen molar-refractivity contribution < 1.29 is 0 Å². The number of para-hydroxylation sites is 1. The zero-order valence-electron chi connectivity index (χ0n) is 10.7. The first-order chi connectivity index (χ1) is 10.3. The van der Waals surface area contributed by atoms with Crippen LogP contribution in [-0.4, -0.2) is 15.2 Å². The second kappa shape index (κ2) is 6.06. The van der Waals surface area contributed by atoms with Crippen molar-refractivity contribution in [3.05, 3.63) is 58.5 Å². The Morgan fingerprint density at radius 3 is 2.76 bits per heavy atom. The van der Waals surface area contributed by atoms with E-state index in [0.29, 0.717) is 10.8 Å². The van der Waals surface area contributed by atoms with Gasteiger partial charge in [0.25, 0.3) is 10.7 Å². The smallest absolute Gasteiger partial charge is 0.277 e. The fraction of sp³-hybridized carbons (Fsp3) is 0. The Balaban J connectivity index is 1.94. The van der Waals surface area contributed by atoms with Gasteiger partial charge in [0.05, 0.1) is 5.69 Å². The molecular formula is C13H10N6OS. The fourth-order valence-electron chi connectivity index (χ4n) is 1.65. The summed E-state index contributed by atoms with van der Waals surface area (Å²) in [7, 11) is 0. The number of H-pyrrole nitrogens is 1. The quantitative estimate of drug-likeness (QED) is 0.722. The number of aromatic nitrogens is 3. The van der Waals surface area contributed by atoms with Gasteiger partial charge < -0.3 is 10.3 Å². The molecule has 0 unspecified atom stereocenters. The van der Waals surface area contributed by atoms with Gasteiger partial charge in [0.1, 0.15) is 5.51 Å². The van der Waals surface area contributed by atoms with Gasteiger partial charge in [-0.1, -0.05) is 29.5 Å². The highest BCUT2D eigenvalue weighted by molar-refractivity contribution is 7.13. The number of azo groups is 1. The lowest BCUT2D eigenvalue weighted by Gasteiger charge is -2.07. The highest BCUT2D eigenvalue weighted by Gasteiger charge is 2.07. The average Bonchev–Trinajstić information content (AvgIpc) is 3.01. The maximum atomic E-state index is 11.9. The Labute approximate surface area is 123 Å². The maximum Gasteiger partial charge on any atom is 0.277 e. The molecule has 0 aliphatic carbocycles. The molecule has 0 atom stereocenters. The van der Waals surface area contributed by atoms with Crippen LogP contribution in [0.5, 0.6) is 0 Å². The van der Waals surface area contributed by atoms with Gasteiger partial charge in [0.2, 0.25) is 0 Å². The number of rotatable bonds is 4. The molecule has 3 aromatic rings. The number of benzene rings is 1. The van der Waals surface area contributed by atoms with Crippen LogP contribution in [0.2, 0.25) is 0 Å². The SMILES string of the molecule is O=c1[nH]ccc(Nc2ccccc2)c1N=Nc1nncs1. The summed E-state index contributed by atoms with van der Waals surface area (Å²) in [4.78, 5) is 14.5. The molecule has 0 bridgehead atoms. The second-order valence-corrected chi connectivity index (χ2v) is 4.79. The number of anilines is 2. The Kier molecular flexibility index (Phi) is 3.79. The van der Waals surface area contributed by atoms with Crippen molar-refractivity contribution >= 4 is 33.5 Å². The summed E-state index contributed by atoms with van der Waals surface area (Å²) in [5.41, 5.74) is 2.83. The second-order valence-electron chi connectivity index (χ2n) is 3.98. The van der Waals surface area contributed by atoms with Gasteiger partial charge >= 0.3 is 0 Å².